The lowest BCUT2D eigenvalue weighted by atomic mass is 10.1. The monoisotopic (exact) mass is 678 g/mol. The molecule has 48 heavy (non-hydrogen) atoms. The zero-order valence-electron chi connectivity index (χ0n) is 25.9. The molecule has 0 atom stereocenters. The molecule has 0 radical (unpaired) electrons. The Kier molecular flexibility index (Phi) is 12.2. The third kappa shape index (κ3) is 9.58. The quantitative estimate of drug-likeness (QED) is 0.0555. The molecule has 4 aromatic rings. The van der Waals surface area contributed by atoms with E-state index in [9.17, 15) is 31.6 Å². The number of halogens is 2. The molecule has 0 amide bonds. The maximum absolute atomic E-state index is 14.7. The molecule has 9 nitrogen and oxygen atoms in total. The number of rotatable bonds is 15. The number of benzene rings is 4. The van der Waals surface area contributed by atoms with Crippen molar-refractivity contribution < 1.29 is 50.5 Å². The van der Waals surface area contributed by atoms with Gasteiger partial charge in [0.15, 0.2) is 0 Å². The molecule has 0 aromatic heterocycles. The topological polar surface area (TPSA) is 122 Å². The minimum absolute atomic E-state index is 0.0106. The summed E-state index contributed by atoms with van der Waals surface area (Å²) < 4.78 is 75.9. The standard InChI is InChI=1S/C36H32F2O9S/c1-3-34(39)45-21-7-5-4-6-20-44-27-13-19-31(33(38)23-27)36(41)47-26-11-16-29(17-12-26)48(42,43)28-14-9-25(10-15-28)46-35(40)30-18-8-24(2)22-32(30)37/h3,8-19,22-23H,1,4-7,20-21H2,2H3. The molecule has 0 unspecified atom stereocenters. The van der Waals surface area contributed by atoms with Crippen LogP contribution in [0.1, 0.15) is 52.0 Å². The van der Waals surface area contributed by atoms with Crippen molar-refractivity contribution in [3.8, 4) is 17.2 Å². The molecule has 0 aliphatic carbocycles. The van der Waals surface area contributed by atoms with E-state index in [4.69, 9.17) is 18.9 Å². The highest BCUT2D eigenvalue weighted by atomic mass is 32.2. The summed E-state index contributed by atoms with van der Waals surface area (Å²) >= 11 is 0. The normalized spacial score (nSPS) is 11.0. The van der Waals surface area contributed by atoms with Gasteiger partial charge in [0.05, 0.1) is 34.1 Å². The highest BCUT2D eigenvalue weighted by Gasteiger charge is 2.20. The van der Waals surface area contributed by atoms with Crippen LogP contribution in [0.3, 0.4) is 0 Å². The average Bonchev–Trinajstić information content (AvgIpc) is 3.06. The maximum Gasteiger partial charge on any atom is 0.346 e. The third-order valence-corrected chi connectivity index (χ3v) is 8.70. The molecule has 250 valence electrons. The van der Waals surface area contributed by atoms with E-state index in [1.807, 2.05) is 0 Å². The molecule has 4 rings (SSSR count). The molecule has 12 heteroatoms. The Morgan fingerprint density at radius 2 is 1.15 bits per heavy atom. The molecule has 0 fully saturated rings. The van der Waals surface area contributed by atoms with Crippen molar-refractivity contribution in [3.63, 3.8) is 0 Å². The van der Waals surface area contributed by atoms with Gasteiger partial charge >= 0.3 is 17.9 Å². The fourth-order valence-electron chi connectivity index (χ4n) is 4.35. The number of aryl methyl sites for hydroxylation is 1. The van der Waals surface area contributed by atoms with Crippen LogP contribution < -0.4 is 14.2 Å². The van der Waals surface area contributed by atoms with Gasteiger partial charge in [-0.2, -0.15) is 0 Å². The summed E-state index contributed by atoms with van der Waals surface area (Å²) in [5.41, 5.74) is 0.0469. The molecule has 0 saturated heterocycles. The summed E-state index contributed by atoms with van der Waals surface area (Å²) in [5, 5.41) is 0. The van der Waals surface area contributed by atoms with Crippen LogP contribution in [0.25, 0.3) is 0 Å². The van der Waals surface area contributed by atoms with E-state index in [2.05, 4.69) is 6.58 Å². The predicted molar refractivity (Wildman–Crippen MR) is 171 cm³/mol. The number of esters is 3. The number of carbonyl (C=O) groups is 3. The average molecular weight is 679 g/mol. The van der Waals surface area contributed by atoms with Crippen molar-refractivity contribution in [2.45, 2.75) is 42.4 Å². The lowest BCUT2D eigenvalue weighted by Crippen LogP contribution is -2.11. The number of hydrogen-bond acceptors (Lipinski definition) is 9. The zero-order valence-corrected chi connectivity index (χ0v) is 26.8. The summed E-state index contributed by atoms with van der Waals surface area (Å²) in [6.07, 6.45) is 4.16. The number of ether oxygens (including phenoxy) is 4. The second-order valence-corrected chi connectivity index (χ2v) is 12.4. The van der Waals surface area contributed by atoms with Crippen LogP contribution >= 0.6 is 0 Å². The minimum atomic E-state index is -4.01. The molecular weight excluding hydrogens is 646 g/mol. The van der Waals surface area contributed by atoms with Crippen LogP contribution in [0.15, 0.2) is 107 Å². The fourth-order valence-corrected chi connectivity index (χ4v) is 5.61. The van der Waals surface area contributed by atoms with Crippen LogP contribution in [-0.4, -0.2) is 39.5 Å². The SMILES string of the molecule is C=CC(=O)OCCCCCCOc1ccc(C(=O)Oc2ccc(S(=O)(=O)c3ccc(OC(=O)c4ccc(C)cc4F)cc3)cc2)c(F)c1. The third-order valence-electron chi connectivity index (χ3n) is 6.91. The van der Waals surface area contributed by atoms with Gasteiger partial charge in [-0.3, -0.25) is 0 Å². The Bertz CT molecular complexity index is 1890. The van der Waals surface area contributed by atoms with E-state index in [0.29, 0.717) is 31.6 Å². The molecule has 0 spiro atoms. The summed E-state index contributed by atoms with van der Waals surface area (Å²) in [4.78, 5) is 35.7. The Hall–Kier alpha value is -5.36. The van der Waals surface area contributed by atoms with Gasteiger partial charge in [0.1, 0.15) is 28.9 Å². The van der Waals surface area contributed by atoms with Gasteiger partial charge < -0.3 is 18.9 Å². The van der Waals surface area contributed by atoms with Crippen LogP contribution in [0.4, 0.5) is 8.78 Å². The van der Waals surface area contributed by atoms with Crippen molar-refractivity contribution in [1.29, 1.82) is 0 Å². The van der Waals surface area contributed by atoms with Gasteiger partial charge in [0, 0.05) is 12.1 Å². The van der Waals surface area contributed by atoms with Gasteiger partial charge in [-0.15, -0.1) is 0 Å². The van der Waals surface area contributed by atoms with Crippen molar-refractivity contribution in [2.75, 3.05) is 13.2 Å². The van der Waals surface area contributed by atoms with Crippen molar-refractivity contribution >= 4 is 27.7 Å². The number of hydrogen-bond donors (Lipinski definition) is 0. The fraction of sp³-hybridized carbons (Fsp3) is 0.194. The summed E-state index contributed by atoms with van der Waals surface area (Å²) in [6.45, 7) is 5.65. The molecule has 0 bridgehead atoms. The van der Waals surface area contributed by atoms with Crippen molar-refractivity contribution in [3.05, 3.63) is 126 Å². The van der Waals surface area contributed by atoms with E-state index in [1.165, 1.54) is 72.8 Å². The number of carbonyl (C=O) groups excluding carboxylic acids is 3. The van der Waals surface area contributed by atoms with Crippen LogP contribution in [-0.2, 0) is 19.4 Å². The van der Waals surface area contributed by atoms with Crippen LogP contribution in [0.2, 0.25) is 0 Å². The van der Waals surface area contributed by atoms with E-state index in [0.717, 1.165) is 25.0 Å². The van der Waals surface area contributed by atoms with Gasteiger partial charge in [0.25, 0.3) is 0 Å². The van der Waals surface area contributed by atoms with E-state index < -0.39 is 39.4 Å². The van der Waals surface area contributed by atoms with Crippen LogP contribution in [0.5, 0.6) is 17.2 Å². The van der Waals surface area contributed by atoms with Crippen molar-refractivity contribution in [1.82, 2.24) is 0 Å². The molecule has 0 saturated carbocycles. The highest BCUT2D eigenvalue weighted by Crippen LogP contribution is 2.26. The Morgan fingerprint density at radius 3 is 1.65 bits per heavy atom. The van der Waals surface area contributed by atoms with E-state index >= 15 is 0 Å². The predicted octanol–water partition coefficient (Wildman–Crippen LogP) is 7.21. The second kappa shape index (κ2) is 16.5. The van der Waals surface area contributed by atoms with Gasteiger partial charge in [0.2, 0.25) is 9.84 Å². The smallest absolute Gasteiger partial charge is 0.346 e. The first kappa shape index (κ1) is 35.5. The lowest BCUT2D eigenvalue weighted by molar-refractivity contribution is -0.137. The number of unbranched alkanes of at least 4 members (excludes halogenated alkanes) is 3. The van der Waals surface area contributed by atoms with Gasteiger partial charge in [-0.25, -0.2) is 31.6 Å². The highest BCUT2D eigenvalue weighted by molar-refractivity contribution is 7.91. The second-order valence-electron chi connectivity index (χ2n) is 10.5. The Morgan fingerprint density at radius 1 is 0.667 bits per heavy atom. The van der Waals surface area contributed by atoms with Crippen molar-refractivity contribution in [2.24, 2.45) is 0 Å². The first-order valence-corrected chi connectivity index (χ1v) is 16.3. The van der Waals surface area contributed by atoms with Gasteiger partial charge in [-0.05, 0) is 111 Å². The van der Waals surface area contributed by atoms with Gasteiger partial charge in [-0.1, -0.05) is 12.6 Å². The molecule has 0 aliphatic heterocycles. The number of sulfone groups is 1. The van der Waals surface area contributed by atoms with E-state index in [-0.39, 0.29) is 38.2 Å². The summed E-state index contributed by atoms with van der Waals surface area (Å²) in [5.74, 6) is -3.70. The first-order valence-electron chi connectivity index (χ1n) is 14.8. The summed E-state index contributed by atoms with van der Waals surface area (Å²) in [6, 6.07) is 17.8. The molecule has 0 heterocycles. The summed E-state index contributed by atoms with van der Waals surface area (Å²) in [7, 11) is -4.01. The molecule has 0 N–H and O–H groups in total. The molecular formula is C36H32F2O9S. The largest absolute Gasteiger partial charge is 0.493 e. The van der Waals surface area contributed by atoms with E-state index in [1.54, 1.807) is 13.0 Å². The van der Waals surface area contributed by atoms with Crippen LogP contribution in [0, 0.1) is 18.6 Å². The minimum Gasteiger partial charge on any atom is -0.493 e. The maximum atomic E-state index is 14.7. The zero-order chi connectivity index (χ0) is 34.7. The molecule has 0 aliphatic rings. The Balaban J connectivity index is 1.28. The first-order chi connectivity index (χ1) is 23.0. The lowest BCUT2D eigenvalue weighted by Gasteiger charge is -2.10. The molecule has 4 aromatic carbocycles. The Labute approximate surface area is 276 Å².